The predicted molar refractivity (Wildman–Crippen MR) is 110 cm³/mol. The molecule has 3 heteroatoms. The zero-order valence-electron chi connectivity index (χ0n) is 14.1. The van der Waals surface area contributed by atoms with Crippen molar-refractivity contribution in [3.8, 4) is 10.4 Å². The van der Waals surface area contributed by atoms with Gasteiger partial charge in [-0.1, -0.05) is 48.5 Å². The van der Waals surface area contributed by atoms with Gasteiger partial charge in [0.1, 0.15) is 0 Å². The third-order valence-electron chi connectivity index (χ3n) is 4.18. The molecule has 0 saturated heterocycles. The van der Waals surface area contributed by atoms with Crippen molar-refractivity contribution < 1.29 is 4.79 Å². The Kier molecular flexibility index (Phi) is 4.63. The fraction of sp³-hybridized carbons (Fsp3) is 0. The maximum Gasteiger partial charge on any atom is 0.160 e. The van der Waals surface area contributed by atoms with E-state index in [1.54, 1.807) is 0 Å². The van der Waals surface area contributed by atoms with Gasteiger partial charge in [0.2, 0.25) is 0 Å². The van der Waals surface area contributed by atoms with Crippen molar-refractivity contribution in [1.29, 1.82) is 0 Å². The molecule has 0 aliphatic rings. The summed E-state index contributed by atoms with van der Waals surface area (Å²) in [6.45, 7) is 0. The van der Waals surface area contributed by atoms with Gasteiger partial charge >= 0.3 is 0 Å². The molecule has 0 atom stereocenters. The summed E-state index contributed by atoms with van der Waals surface area (Å²) in [7, 11) is 0. The van der Waals surface area contributed by atoms with E-state index in [0.29, 0.717) is 0 Å². The summed E-state index contributed by atoms with van der Waals surface area (Å²) in [6, 6.07) is 33.0. The average molecular weight is 355 g/mol. The molecular weight excluding hydrogens is 338 g/mol. The van der Waals surface area contributed by atoms with Gasteiger partial charge in [-0.3, -0.25) is 4.79 Å². The quantitative estimate of drug-likeness (QED) is 0.371. The Morgan fingerprint density at radius 1 is 0.615 bits per heavy atom. The highest BCUT2D eigenvalue weighted by atomic mass is 32.1. The standard InChI is InChI=1S/C23H17NOS/c25-17-22-15-16-23(26-22)18-11-13-21(14-12-18)24(19-7-3-1-4-8-19)20-9-5-2-6-10-20/h1-17H. The second-order valence-electron chi connectivity index (χ2n) is 5.87. The number of carbonyl (C=O) groups excluding carboxylic acids is 1. The molecule has 1 aromatic heterocycles. The number of rotatable bonds is 5. The molecule has 3 aromatic carbocycles. The highest BCUT2D eigenvalue weighted by Crippen LogP contribution is 2.36. The normalized spacial score (nSPS) is 10.5. The first-order valence-electron chi connectivity index (χ1n) is 8.41. The molecule has 0 saturated carbocycles. The van der Waals surface area contributed by atoms with Crippen molar-refractivity contribution in [3.05, 3.63) is 102 Å². The number of benzene rings is 3. The maximum atomic E-state index is 10.9. The lowest BCUT2D eigenvalue weighted by Crippen LogP contribution is -2.09. The molecule has 0 aliphatic heterocycles. The van der Waals surface area contributed by atoms with Crippen LogP contribution in [0.3, 0.4) is 0 Å². The average Bonchev–Trinajstić information content (AvgIpc) is 3.20. The van der Waals surface area contributed by atoms with Crippen LogP contribution in [0.5, 0.6) is 0 Å². The van der Waals surface area contributed by atoms with Crippen LogP contribution in [0.25, 0.3) is 10.4 Å². The monoisotopic (exact) mass is 355 g/mol. The van der Waals surface area contributed by atoms with Gasteiger partial charge in [0.25, 0.3) is 0 Å². The molecule has 1 heterocycles. The summed E-state index contributed by atoms with van der Waals surface area (Å²) >= 11 is 1.51. The fourth-order valence-corrected chi connectivity index (χ4v) is 3.78. The maximum absolute atomic E-state index is 10.9. The van der Waals surface area contributed by atoms with Crippen molar-refractivity contribution in [2.24, 2.45) is 0 Å². The number of nitrogens with zero attached hydrogens (tertiary/aromatic N) is 1. The number of hydrogen-bond acceptors (Lipinski definition) is 3. The van der Waals surface area contributed by atoms with Crippen LogP contribution in [0.15, 0.2) is 97.1 Å². The van der Waals surface area contributed by atoms with E-state index < -0.39 is 0 Å². The number of para-hydroxylation sites is 2. The van der Waals surface area contributed by atoms with Crippen LogP contribution in [0.2, 0.25) is 0 Å². The third-order valence-corrected chi connectivity index (χ3v) is 5.24. The largest absolute Gasteiger partial charge is 0.311 e. The Morgan fingerprint density at radius 3 is 1.65 bits per heavy atom. The molecule has 0 fully saturated rings. The van der Waals surface area contributed by atoms with E-state index in [1.165, 1.54) is 11.3 Å². The minimum atomic E-state index is 0.749. The number of anilines is 3. The van der Waals surface area contributed by atoms with Crippen LogP contribution in [-0.2, 0) is 0 Å². The summed E-state index contributed by atoms with van der Waals surface area (Å²) < 4.78 is 0. The number of aldehydes is 1. The topological polar surface area (TPSA) is 20.3 Å². The van der Waals surface area contributed by atoms with E-state index in [9.17, 15) is 4.79 Å². The van der Waals surface area contributed by atoms with Crippen LogP contribution in [0, 0.1) is 0 Å². The van der Waals surface area contributed by atoms with Gasteiger partial charge in [0, 0.05) is 21.9 Å². The zero-order valence-corrected chi connectivity index (χ0v) is 14.9. The molecule has 0 unspecified atom stereocenters. The third kappa shape index (κ3) is 3.30. The molecule has 4 rings (SSSR count). The summed E-state index contributed by atoms with van der Waals surface area (Å²) in [6.07, 6.45) is 0.898. The minimum absolute atomic E-state index is 0.749. The second-order valence-corrected chi connectivity index (χ2v) is 6.99. The van der Waals surface area contributed by atoms with E-state index in [0.717, 1.165) is 38.7 Å². The van der Waals surface area contributed by atoms with Gasteiger partial charge in [-0.2, -0.15) is 0 Å². The molecule has 0 aliphatic carbocycles. The first-order valence-corrected chi connectivity index (χ1v) is 9.22. The highest BCUT2D eigenvalue weighted by molar-refractivity contribution is 7.17. The van der Waals surface area contributed by atoms with E-state index in [4.69, 9.17) is 0 Å². The van der Waals surface area contributed by atoms with Crippen molar-refractivity contribution >= 4 is 34.7 Å². The highest BCUT2D eigenvalue weighted by Gasteiger charge is 2.12. The number of hydrogen-bond donors (Lipinski definition) is 0. The molecule has 0 N–H and O–H groups in total. The van der Waals surface area contributed by atoms with E-state index in [1.807, 2.05) is 48.5 Å². The molecule has 26 heavy (non-hydrogen) atoms. The molecule has 0 bridgehead atoms. The lowest BCUT2D eigenvalue weighted by Gasteiger charge is -2.25. The second kappa shape index (κ2) is 7.38. The van der Waals surface area contributed by atoms with Crippen molar-refractivity contribution in [2.45, 2.75) is 0 Å². The van der Waals surface area contributed by atoms with E-state index in [2.05, 4.69) is 53.4 Å². The van der Waals surface area contributed by atoms with Gasteiger partial charge in [0.15, 0.2) is 6.29 Å². The first-order chi connectivity index (χ1) is 12.8. The summed E-state index contributed by atoms with van der Waals surface area (Å²) in [5.41, 5.74) is 4.45. The van der Waals surface area contributed by atoms with E-state index in [-0.39, 0.29) is 0 Å². The lowest BCUT2D eigenvalue weighted by molar-refractivity contribution is 0.112. The van der Waals surface area contributed by atoms with Gasteiger partial charge in [-0.15, -0.1) is 11.3 Å². The minimum Gasteiger partial charge on any atom is -0.311 e. The molecule has 126 valence electrons. The number of thiophene rings is 1. The Balaban J connectivity index is 1.73. The van der Waals surface area contributed by atoms with Crippen molar-refractivity contribution in [1.82, 2.24) is 0 Å². The molecule has 0 amide bonds. The smallest absolute Gasteiger partial charge is 0.160 e. The van der Waals surface area contributed by atoms with E-state index >= 15 is 0 Å². The predicted octanol–water partition coefficient (Wildman–Crippen LogP) is 6.70. The van der Waals surface area contributed by atoms with Gasteiger partial charge in [-0.05, 0) is 54.1 Å². The summed E-state index contributed by atoms with van der Waals surface area (Å²) in [5, 5.41) is 0. The number of carbonyl (C=O) groups is 1. The van der Waals surface area contributed by atoms with Crippen molar-refractivity contribution in [2.75, 3.05) is 4.90 Å². The SMILES string of the molecule is O=Cc1ccc(-c2ccc(N(c3ccccc3)c3ccccc3)cc2)s1. The Bertz CT molecular complexity index is 952. The van der Waals surface area contributed by atoms with Gasteiger partial charge < -0.3 is 4.90 Å². The molecule has 2 nitrogen and oxygen atoms in total. The Hall–Kier alpha value is -3.17. The molecule has 0 radical (unpaired) electrons. The Morgan fingerprint density at radius 2 is 1.15 bits per heavy atom. The summed E-state index contributed by atoms with van der Waals surface area (Å²) in [4.78, 5) is 15.0. The van der Waals surface area contributed by atoms with Crippen LogP contribution in [0.4, 0.5) is 17.1 Å². The summed E-state index contributed by atoms with van der Waals surface area (Å²) in [5.74, 6) is 0. The van der Waals surface area contributed by atoms with Crippen LogP contribution >= 0.6 is 11.3 Å². The fourth-order valence-electron chi connectivity index (χ4n) is 2.95. The molecule has 0 spiro atoms. The van der Waals surface area contributed by atoms with Gasteiger partial charge in [0.05, 0.1) is 4.88 Å². The first kappa shape index (κ1) is 16.3. The molecular formula is C23H17NOS. The Labute approximate surface area is 157 Å². The van der Waals surface area contributed by atoms with Crippen LogP contribution in [0.1, 0.15) is 9.67 Å². The zero-order chi connectivity index (χ0) is 17.8. The molecule has 4 aromatic rings. The van der Waals surface area contributed by atoms with Gasteiger partial charge in [-0.25, -0.2) is 0 Å². The van der Waals surface area contributed by atoms with Crippen LogP contribution < -0.4 is 4.90 Å². The lowest BCUT2D eigenvalue weighted by atomic mass is 10.1. The van der Waals surface area contributed by atoms with Crippen LogP contribution in [-0.4, -0.2) is 6.29 Å². The van der Waals surface area contributed by atoms with Crippen molar-refractivity contribution in [3.63, 3.8) is 0 Å².